The lowest BCUT2D eigenvalue weighted by atomic mass is 10.1. The van der Waals surface area contributed by atoms with Crippen LogP contribution in [0.15, 0.2) is 42.9 Å². The maximum atomic E-state index is 13.2. The van der Waals surface area contributed by atoms with Gasteiger partial charge in [-0.2, -0.15) is 0 Å². The van der Waals surface area contributed by atoms with E-state index in [-0.39, 0.29) is 11.7 Å². The Morgan fingerprint density at radius 1 is 1.14 bits per heavy atom. The highest BCUT2D eigenvalue weighted by Gasteiger charge is 2.24. The molecule has 2 aromatic heterocycles. The first-order chi connectivity index (χ1) is 13.5. The van der Waals surface area contributed by atoms with Crippen molar-refractivity contribution in [3.05, 3.63) is 54.4 Å². The number of hydrogen-bond donors (Lipinski definition) is 0. The summed E-state index contributed by atoms with van der Waals surface area (Å²) < 4.78 is 15.0. The summed E-state index contributed by atoms with van der Waals surface area (Å²) in [6.07, 6.45) is 5.17. The Labute approximate surface area is 163 Å². The van der Waals surface area contributed by atoms with Gasteiger partial charge in [-0.05, 0) is 30.2 Å². The lowest BCUT2D eigenvalue weighted by Gasteiger charge is -2.35. The molecular weight excluding hydrogens is 357 g/mol. The van der Waals surface area contributed by atoms with E-state index < -0.39 is 0 Å². The molecule has 146 valence electrons. The molecule has 0 unspecified atom stereocenters. The molecule has 0 saturated carbocycles. The molecule has 0 spiro atoms. The molecule has 3 aromatic rings. The van der Waals surface area contributed by atoms with E-state index in [9.17, 15) is 9.18 Å². The second kappa shape index (κ2) is 7.67. The van der Waals surface area contributed by atoms with E-state index in [0.29, 0.717) is 36.0 Å². The molecule has 0 bridgehead atoms. The summed E-state index contributed by atoms with van der Waals surface area (Å²) in [5, 5.41) is 0. The molecule has 1 aromatic carbocycles. The van der Waals surface area contributed by atoms with Gasteiger partial charge in [0.25, 0.3) is 5.91 Å². The van der Waals surface area contributed by atoms with E-state index in [4.69, 9.17) is 0 Å². The van der Waals surface area contributed by atoms with Gasteiger partial charge in [0.15, 0.2) is 5.65 Å². The van der Waals surface area contributed by atoms with Crippen LogP contribution in [0.25, 0.3) is 16.9 Å². The number of hydrogen-bond acceptors (Lipinski definition) is 4. The molecule has 1 aliphatic rings. The average molecular weight is 381 g/mol. The van der Waals surface area contributed by atoms with Crippen molar-refractivity contribution in [3.63, 3.8) is 0 Å². The first-order valence-electron chi connectivity index (χ1n) is 9.62. The van der Waals surface area contributed by atoms with Crippen molar-refractivity contribution in [1.29, 1.82) is 0 Å². The lowest BCUT2D eigenvalue weighted by Crippen LogP contribution is -2.49. The summed E-state index contributed by atoms with van der Waals surface area (Å²) in [5.41, 5.74) is 2.40. The Morgan fingerprint density at radius 2 is 1.86 bits per heavy atom. The van der Waals surface area contributed by atoms with Gasteiger partial charge in [0.1, 0.15) is 17.2 Å². The largest absolute Gasteiger partial charge is 0.335 e. The topological polar surface area (TPSA) is 53.7 Å². The number of rotatable bonds is 4. The van der Waals surface area contributed by atoms with Crippen LogP contribution in [0, 0.1) is 11.7 Å². The predicted molar refractivity (Wildman–Crippen MR) is 106 cm³/mol. The number of piperazine rings is 1. The van der Waals surface area contributed by atoms with Crippen molar-refractivity contribution in [2.24, 2.45) is 5.92 Å². The number of imidazole rings is 1. The zero-order valence-corrected chi connectivity index (χ0v) is 16.2. The first kappa shape index (κ1) is 18.6. The Bertz CT molecular complexity index is 974. The van der Waals surface area contributed by atoms with Gasteiger partial charge in [0.2, 0.25) is 0 Å². The smallest absolute Gasteiger partial charge is 0.274 e. The number of carbonyl (C=O) groups excluding carboxylic acids is 1. The van der Waals surface area contributed by atoms with Crippen LogP contribution in [0.2, 0.25) is 0 Å². The second-order valence-corrected chi connectivity index (χ2v) is 7.63. The summed E-state index contributed by atoms with van der Waals surface area (Å²) in [4.78, 5) is 26.2. The van der Waals surface area contributed by atoms with Crippen LogP contribution in [0.1, 0.15) is 24.3 Å². The number of benzene rings is 1. The van der Waals surface area contributed by atoms with Crippen molar-refractivity contribution in [1.82, 2.24) is 24.2 Å². The standard InChI is InChI=1S/C21H24FN5O/c1-15(2)13-25-9-11-26(12-10-25)21(28)18-14-27-8-7-23-19(20(27)24-18)16-3-5-17(22)6-4-16/h3-8,14-15H,9-13H2,1-2H3. The molecular formula is C21H24FN5O. The van der Waals surface area contributed by atoms with Gasteiger partial charge in [-0.3, -0.25) is 14.7 Å². The van der Waals surface area contributed by atoms with E-state index in [0.717, 1.165) is 25.2 Å². The number of aromatic nitrogens is 3. The maximum absolute atomic E-state index is 13.2. The zero-order valence-electron chi connectivity index (χ0n) is 16.2. The van der Waals surface area contributed by atoms with Gasteiger partial charge in [0.05, 0.1) is 0 Å². The third-order valence-corrected chi connectivity index (χ3v) is 4.99. The fourth-order valence-electron chi connectivity index (χ4n) is 3.65. The molecule has 0 N–H and O–H groups in total. The lowest BCUT2D eigenvalue weighted by molar-refractivity contribution is 0.0619. The molecule has 28 heavy (non-hydrogen) atoms. The van der Waals surface area contributed by atoms with E-state index in [2.05, 4.69) is 28.7 Å². The number of halogens is 1. The van der Waals surface area contributed by atoms with Crippen LogP contribution in [0.4, 0.5) is 4.39 Å². The molecule has 0 radical (unpaired) electrons. The van der Waals surface area contributed by atoms with Gasteiger partial charge in [-0.15, -0.1) is 0 Å². The van der Waals surface area contributed by atoms with Crippen LogP contribution in [-0.4, -0.2) is 62.8 Å². The highest BCUT2D eigenvalue weighted by atomic mass is 19.1. The van der Waals surface area contributed by atoms with E-state index in [1.165, 1.54) is 12.1 Å². The maximum Gasteiger partial charge on any atom is 0.274 e. The molecule has 4 rings (SSSR count). The number of amides is 1. The number of nitrogens with zero attached hydrogens (tertiary/aromatic N) is 5. The zero-order chi connectivity index (χ0) is 19.7. The van der Waals surface area contributed by atoms with Crippen molar-refractivity contribution >= 4 is 11.6 Å². The summed E-state index contributed by atoms with van der Waals surface area (Å²) in [6.45, 7) is 8.68. The Morgan fingerprint density at radius 3 is 2.54 bits per heavy atom. The second-order valence-electron chi connectivity index (χ2n) is 7.63. The number of carbonyl (C=O) groups is 1. The summed E-state index contributed by atoms with van der Waals surface area (Å²) in [7, 11) is 0. The summed E-state index contributed by atoms with van der Waals surface area (Å²) in [5.74, 6) is 0.266. The van der Waals surface area contributed by atoms with Crippen LogP contribution in [-0.2, 0) is 0 Å². The normalized spacial score (nSPS) is 15.5. The number of fused-ring (bicyclic) bond motifs is 1. The van der Waals surface area contributed by atoms with Gasteiger partial charge in [-0.1, -0.05) is 13.8 Å². The van der Waals surface area contributed by atoms with Crippen LogP contribution < -0.4 is 0 Å². The fourth-order valence-corrected chi connectivity index (χ4v) is 3.65. The first-order valence-corrected chi connectivity index (χ1v) is 9.62. The summed E-state index contributed by atoms with van der Waals surface area (Å²) >= 11 is 0. The van der Waals surface area contributed by atoms with Crippen LogP contribution >= 0.6 is 0 Å². The van der Waals surface area contributed by atoms with Gasteiger partial charge in [-0.25, -0.2) is 9.37 Å². The Balaban J connectivity index is 1.56. The SMILES string of the molecule is CC(C)CN1CCN(C(=O)c2cn3ccnc(-c4ccc(F)cc4)c3n2)CC1. The van der Waals surface area contributed by atoms with Crippen molar-refractivity contribution in [2.45, 2.75) is 13.8 Å². The van der Waals surface area contributed by atoms with Gasteiger partial charge >= 0.3 is 0 Å². The molecule has 1 saturated heterocycles. The van der Waals surface area contributed by atoms with E-state index in [1.807, 2.05) is 4.90 Å². The van der Waals surface area contributed by atoms with Crippen molar-refractivity contribution in [2.75, 3.05) is 32.7 Å². The summed E-state index contributed by atoms with van der Waals surface area (Å²) in [6, 6.07) is 6.13. The molecule has 1 amide bonds. The van der Waals surface area contributed by atoms with Gasteiger partial charge < -0.3 is 9.30 Å². The molecule has 0 atom stereocenters. The minimum absolute atomic E-state index is 0.0575. The minimum Gasteiger partial charge on any atom is -0.335 e. The van der Waals surface area contributed by atoms with E-state index in [1.54, 1.807) is 35.1 Å². The quantitative estimate of drug-likeness (QED) is 0.697. The third-order valence-electron chi connectivity index (χ3n) is 4.99. The average Bonchev–Trinajstić information content (AvgIpc) is 3.12. The Hall–Kier alpha value is -2.80. The fraction of sp³-hybridized carbons (Fsp3) is 0.381. The van der Waals surface area contributed by atoms with Crippen LogP contribution in [0.5, 0.6) is 0 Å². The van der Waals surface area contributed by atoms with Crippen molar-refractivity contribution < 1.29 is 9.18 Å². The van der Waals surface area contributed by atoms with Crippen LogP contribution in [0.3, 0.4) is 0 Å². The Kier molecular flexibility index (Phi) is 5.09. The minimum atomic E-state index is -0.300. The molecule has 6 nitrogen and oxygen atoms in total. The highest BCUT2D eigenvalue weighted by molar-refractivity contribution is 5.93. The predicted octanol–water partition coefficient (Wildman–Crippen LogP) is 2.95. The molecule has 1 aliphatic heterocycles. The molecule has 1 fully saturated rings. The highest BCUT2D eigenvalue weighted by Crippen LogP contribution is 2.22. The third kappa shape index (κ3) is 3.75. The monoisotopic (exact) mass is 381 g/mol. The van der Waals surface area contributed by atoms with Gasteiger partial charge in [0, 0.05) is 56.9 Å². The molecule has 7 heteroatoms. The molecule has 3 heterocycles. The van der Waals surface area contributed by atoms with E-state index >= 15 is 0 Å². The van der Waals surface area contributed by atoms with Crippen molar-refractivity contribution in [3.8, 4) is 11.3 Å². The molecule has 0 aliphatic carbocycles.